The minimum absolute atomic E-state index is 0.0110. The van der Waals surface area contributed by atoms with Crippen LogP contribution >= 0.6 is 11.5 Å². The minimum Gasteiger partial charge on any atom is -0.465 e. The van der Waals surface area contributed by atoms with Gasteiger partial charge in [-0.05, 0) is 45.0 Å². The molecule has 1 saturated heterocycles. The first kappa shape index (κ1) is 16.5. The Morgan fingerprint density at radius 2 is 2.04 bits per heavy atom. The Hall–Kier alpha value is -1.40. The summed E-state index contributed by atoms with van der Waals surface area (Å²) in [5.74, 6) is 2.91. The van der Waals surface area contributed by atoms with Crippen LogP contribution in [-0.2, 0) is 5.41 Å². The van der Waals surface area contributed by atoms with Gasteiger partial charge in [-0.25, -0.2) is 4.98 Å². The van der Waals surface area contributed by atoms with Crippen molar-refractivity contribution in [3.05, 3.63) is 29.5 Å². The molecule has 2 aromatic heterocycles. The summed E-state index contributed by atoms with van der Waals surface area (Å²) in [4.78, 5) is 7.12. The second kappa shape index (κ2) is 6.61. The third-order valence-corrected chi connectivity index (χ3v) is 4.89. The summed E-state index contributed by atoms with van der Waals surface area (Å²) in [6.45, 7) is 11.5. The van der Waals surface area contributed by atoms with Crippen molar-refractivity contribution in [1.82, 2.24) is 14.3 Å². The van der Waals surface area contributed by atoms with Crippen LogP contribution in [0.25, 0.3) is 0 Å². The topological polar surface area (TPSA) is 54.2 Å². The van der Waals surface area contributed by atoms with Crippen molar-refractivity contribution in [3.63, 3.8) is 0 Å². The summed E-state index contributed by atoms with van der Waals surface area (Å²) in [7, 11) is 0. The fraction of sp³-hybridized carbons (Fsp3) is 0.647. The third-order valence-electron chi connectivity index (χ3n) is 4.21. The molecule has 1 aliphatic rings. The van der Waals surface area contributed by atoms with Gasteiger partial charge in [0.15, 0.2) is 0 Å². The normalized spacial score (nSPS) is 17.6. The zero-order valence-corrected chi connectivity index (χ0v) is 15.2. The van der Waals surface area contributed by atoms with E-state index in [2.05, 4.69) is 46.4 Å². The highest BCUT2D eigenvalue weighted by Gasteiger charge is 2.26. The van der Waals surface area contributed by atoms with E-state index in [9.17, 15) is 0 Å². The molecule has 5 nitrogen and oxygen atoms in total. The summed E-state index contributed by atoms with van der Waals surface area (Å²) in [5.41, 5.74) is -0.0110. The average molecular weight is 334 g/mol. The van der Waals surface area contributed by atoms with E-state index in [1.807, 2.05) is 13.0 Å². The van der Waals surface area contributed by atoms with Crippen molar-refractivity contribution in [1.29, 1.82) is 0 Å². The number of likely N-dealkylation sites (tertiary alicyclic amines) is 1. The standard InChI is InChI=1S/C17H26N4OS/c1-12-7-8-14(22-12)13(21-9-5-6-10-21)11-18-16-19-15(20-23-16)17(2,3)4/h7-8,13H,5-6,9-11H2,1-4H3,(H,18,19,20). The van der Waals surface area contributed by atoms with Crippen LogP contribution in [0.15, 0.2) is 16.5 Å². The van der Waals surface area contributed by atoms with Crippen LogP contribution in [0, 0.1) is 6.92 Å². The van der Waals surface area contributed by atoms with Crippen LogP contribution < -0.4 is 5.32 Å². The molecule has 0 amide bonds. The molecule has 0 bridgehead atoms. The molecular weight excluding hydrogens is 308 g/mol. The Labute approximate surface area is 142 Å². The molecule has 0 spiro atoms. The van der Waals surface area contributed by atoms with Crippen molar-refractivity contribution in [2.24, 2.45) is 0 Å². The molecule has 23 heavy (non-hydrogen) atoms. The number of furan rings is 1. The zero-order chi connectivity index (χ0) is 16.4. The lowest BCUT2D eigenvalue weighted by atomic mass is 9.96. The molecular formula is C17H26N4OS. The van der Waals surface area contributed by atoms with Gasteiger partial charge in [-0.2, -0.15) is 4.37 Å². The molecule has 0 radical (unpaired) electrons. The van der Waals surface area contributed by atoms with Gasteiger partial charge in [-0.1, -0.05) is 20.8 Å². The first-order valence-corrected chi connectivity index (χ1v) is 9.09. The maximum Gasteiger partial charge on any atom is 0.202 e. The number of rotatable bonds is 5. The van der Waals surface area contributed by atoms with Crippen LogP contribution in [0.3, 0.4) is 0 Å². The van der Waals surface area contributed by atoms with E-state index in [1.165, 1.54) is 24.4 Å². The lowest BCUT2D eigenvalue weighted by Crippen LogP contribution is -2.30. The maximum atomic E-state index is 5.89. The number of aryl methyl sites for hydroxylation is 1. The number of nitrogens with zero attached hydrogens (tertiary/aromatic N) is 3. The predicted octanol–water partition coefficient (Wildman–Crippen LogP) is 3.99. The zero-order valence-electron chi connectivity index (χ0n) is 14.4. The molecule has 6 heteroatoms. The molecule has 0 saturated carbocycles. The highest BCUT2D eigenvalue weighted by Crippen LogP contribution is 2.28. The minimum atomic E-state index is -0.0110. The highest BCUT2D eigenvalue weighted by atomic mass is 32.1. The van der Waals surface area contributed by atoms with Crippen LogP contribution in [0.4, 0.5) is 5.13 Å². The monoisotopic (exact) mass is 334 g/mol. The number of hydrogen-bond donors (Lipinski definition) is 1. The van der Waals surface area contributed by atoms with Crippen molar-refractivity contribution in [3.8, 4) is 0 Å². The van der Waals surface area contributed by atoms with Crippen molar-refractivity contribution >= 4 is 16.7 Å². The number of nitrogens with one attached hydrogen (secondary N) is 1. The third kappa shape index (κ3) is 3.93. The van der Waals surface area contributed by atoms with E-state index in [4.69, 9.17) is 4.42 Å². The van der Waals surface area contributed by atoms with Crippen LogP contribution in [0.2, 0.25) is 0 Å². The van der Waals surface area contributed by atoms with E-state index in [0.717, 1.165) is 42.1 Å². The Kier molecular flexibility index (Phi) is 4.73. The summed E-state index contributed by atoms with van der Waals surface area (Å²) in [6.07, 6.45) is 2.53. The Morgan fingerprint density at radius 1 is 1.30 bits per heavy atom. The fourth-order valence-electron chi connectivity index (χ4n) is 2.88. The molecule has 1 N–H and O–H groups in total. The van der Waals surface area contributed by atoms with Gasteiger partial charge in [-0.15, -0.1) is 0 Å². The molecule has 1 unspecified atom stereocenters. The smallest absolute Gasteiger partial charge is 0.202 e. The second-order valence-corrected chi connectivity index (χ2v) is 8.01. The van der Waals surface area contributed by atoms with Gasteiger partial charge in [0.25, 0.3) is 0 Å². The van der Waals surface area contributed by atoms with Gasteiger partial charge >= 0.3 is 0 Å². The fourth-order valence-corrected chi connectivity index (χ4v) is 3.64. The number of anilines is 1. The summed E-state index contributed by atoms with van der Waals surface area (Å²) in [5, 5.41) is 4.36. The van der Waals surface area contributed by atoms with E-state index >= 15 is 0 Å². The summed E-state index contributed by atoms with van der Waals surface area (Å²) in [6, 6.07) is 4.40. The van der Waals surface area contributed by atoms with Crippen LogP contribution in [0.5, 0.6) is 0 Å². The maximum absolute atomic E-state index is 5.89. The van der Waals surface area contributed by atoms with Gasteiger partial charge in [0.2, 0.25) is 5.13 Å². The van der Waals surface area contributed by atoms with Gasteiger partial charge in [0, 0.05) is 23.5 Å². The van der Waals surface area contributed by atoms with E-state index in [-0.39, 0.29) is 11.5 Å². The molecule has 2 aromatic rings. The van der Waals surface area contributed by atoms with Gasteiger partial charge in [0.05, 0.1) is 6.04 Å². The van der Waals surface area contributed by atoms with Gasteiger partial charge in [0.1, 0.15) is 17.3 Å². The molecule has 0 aromatic carbocycles. The predicted molar refractivity (Wildman–Crippen MR) is 94.1 cm³/mol. The largest absolute Gasteiger partial charge is 0.465 e. The second-order valence-electron chi connectivity index (χ2n) is 7.26. The summed E-state index contributed by atoms with van der Waals surface area (Å²) < 4.78 is 10.4. The summed E-state index contributed by atoms with van der Waals surface area (Å²) >= 11 is 1.44. The van der Waals surface area contributed by atoms with Crippen molar-refractivity contribution in [2.45, 2.75) is 52.0 Å². The van der Waals surface area contributed by atoms with E-state index < -0.39 is 0 Å². The Morgan fingerprint density at radius 3 is 2.61 bits per heavy atom. The molecule has 3 heterocycles. The van der Waals surface area contributed by atoms with Crippen molar-refractivity contribution < 1.29 is 4.42 Å². The average Bonchev–Trinajstić information content (AvgIpc) is 3.19. The molecule has 1 atom stereocenters. The van der Waals surface area contributed by atoms with E-state index in [1.54, 1.807) is 0 Å². The number of aromatic nitrogens is 2. The molecule has 126 valence electrons. The van der Waals surface area contributed by atoms with Gasteiger partial charge in [-0.3, -0.25) is 4.90 Å². The SMILES string of the molecule is Cc1ccc(C(CNc2nc(C(C)(C)C)ns2)N2CCCC2)o1. The van der Waals surface area contributed by atoms with Gasteiger partial charge < -0.3 is 9.73 Å². The van der Waals surface area contributed by atoms with Crippen molar-refractivity contribution in [2.75, 3.05) is 25.0 Å². The first-order chi connectivity index (χ1) is 10.9. The molecule has 1 aliphatic heterocycles. The Bertz CT molecular complexity index is 637. The Balaban J connectivity index is 1.70. The highest BCUT2D eigenvalue weighted by molar-refractivity contribution is 7.09. The van der Waals surface area contributed by atoms with Crippen LogP contribution in [0.1, 0.15) is 57.0 Å². The first-order valence-electron chi connectivity index (χ1n) is 8.32. The number of hydrogen-bond acceptors (Lipinski definition) is 6. The molecule has 1 fully saturated rings. The lowest BCUT2D eigenvalue weighted by Gasteiger charge is -2.25. The van der Waals surface area contributed by atoms with E-state index in [0.29, 0.717) is 0 Å². The quantitative estimate of drug-likeness (QED) is 0.896. The van der Waals surface area contributed by atoms with Crippen LogP contribution in [-0.4, -0.2) is 33.9 Å². The molecule has 3 rings (SSSR count). The molecule has 0 aliphatic carbocycles. The lowest BCUT2D eigenvalue weighted by molar-refractivity contribution is 0.223.